The Labute approximate surface area is 125 Å². The minimum absolute atomic E-state index is 0.482. The van der Waals surface area contributed by atoms with Gasteiger partial charge in [0.1, 0.15) is 0 Å². The lowest BCUT2D eigenvalue weighted by Crippen LogP contribution is -2.23. The van der Waals surface area contributed by atoms with E-state index >= 15 is 0 Å². The molecule has 1 aliphatic heterocycles. The predicted octanol–water partition coefficient (Wildman–Crippen LogP) is 3.83. The monoisotopic (exact) mass is 289 g/mol. The van der Waals surface area contributed by atoms with Gasteiger partial charge in [0.25, 0.3) is 0 Å². The van der Waals surface area contributed by atoms with Gasteiger partial charge in [0, 0.05) is 23.2 Å². The zero-order valence-electron chi connectivity index (χ0n) is 11.8. The van der Waals surface area contributed by atoms with E-state index in [9.17, 15) is 0 Å². The molecular formula is C16H20ClN3. The fraction of sp³-hybridized carbons (Fsp3) is 0.438. The molecule has 0 bridgehead atoms. The van der Waals surface area contributed by atoms with Crippen molar-refractivity contribution in [2.75, 3.05) is 13.1 Å². The standard InChI is InChI=1S/C16H20ClN3/c1-12-5-6-13(8-15(12)17)16-10-19-11-20(16)14-4-2-3-7-18-9-14/h5-6,8,10-11,14,18H,2-4,7,9H2,1H3. The first-order valence-electron chi connectivity index (χ1n) is 7.25. The fourth-order valence-electron chi connectivity index (χ4n) is 2.81. The van der Waals surface area contributed by atoms with Crippen LogP contribution in [-0.4, -0.2) is 22.6 Å². The zero-order valence-corrected chi connectivity index (χ0v) is 12.5. The molecule has 0 aliphatic carbocycles. The molecule has 1 unspecified atom stereocenters. The fourth-order valence-corrected chi connectivity index (χ4v) is 2.99. The van der Waals surface area contributed by atoms with Crippen molar-refractivity contribution in [1.82, 2.24) is 14.9 Å². The summed E-state index contributed by atoms with van der Waals surface area (Å²) in [6, 6.07) is 6.71. The predicted molar refractivity (Wildman–Crippen MR) is 83.2 cm³/mol. The molecule has 4 heteroatoms. The van der Waals surface area contributed by atoms with Crippen LogP contribution in [0.25, 0.3) is 11.3 Å². The quantitative estimate of drug-likeness (QED) is 0.911. The van der Waals surface area contributed by atoms with Crippen LogP contribution in [0, 0.1) is 6.92 Å². The number of nitrogens with zero attached hydrogens (tertiary/aromatic N) is 2. The molecule has 106 valence electrons. The highest BCUT2D eigenvalue weighted by Crippen LogP contribution is 2.28. The summed E-state index contributed by atoms with van der Waals surface area (Å²) in [5.41, 5.74) is 3.40. The maximum absolute atomic E-state index is 6.25. The molecule has 20 heavy (non-hydrogen) atoms. The van der Waals surface area contributed by atoms with Crippen molar-refractivity contribution in [2.24, 2.45) is 0 Å². The van der Waals surface area contributed by atoms with Gasteiger partial charge in [-0.05, 0) is 37.9 Å². The summed E-state index contributed by atoms with van der Waals surface area (Å²) in [7, 11) is 0. The van der Waals surface area contributed by atoms with Gasteiger partial charge in [-0.3, -0.25) is 0 Å². The van der Waals surface area contributed by atoms with Crippen LogP contribution in [0.15, 0.2) is 30.7 Å². The maximum Gasteiger partial charge on any atom is 0.0954 e. The second-order valence-corrected chi connectivity index (χ2v) is 5.91. The van der Waals surface area contributed by atoms with Crippen molar-refractivity contribution in [2.45, 2.75) is 32.2 Å². The van der Waals surface area contributed by atoms with Gasteiger partial charge in [-0.1, -0.05) is 30.2 Å². The second kappa shape index (κ2) is 5.98. The lowest BCUT2D eigenvalue weighted by atomic mass is 10.1. The first kappa shape index (κ1) is 13.7. The maximum atomic E-state index is 6.25. The molecule has 1 aliphatic rings. The molecule has 1 aromatic carbocycles. The Hall–Kier alpha value is -1.32. The molecule has 0 spiro atoms. The van der Waals surface area contributed by atoms with Crippen molar-refractivity contribution in [3.05, 3.63) is 41.3 Å². The number of rotatable bonds is 2. The van der Waals surface area contributed by atoms with E-state index in [2.05, 4.69) is 27.0 Å². The van der Waals surface area contributed by atoms with Gasteiger partial charge in [0.05, 0.1) is 18.2 Å². The molecule has 0 amide bonds. The number of aromatic nitrogens is 2. The smallest absolute Gasteiger partial charge is 0.0954 e. The van der Waals surface area contributed by atoms with Crippen molar-refractivity contribution in [3.63, 3.8) is 0 Å². The minimum atomic E-state index is 0.482. The van der Waals surface area contributed by atoms with Crippen LogP contribution in [0.2, 0.25) is 5.02 Å². The molecular weight excluding hydrogens is 270 g/mol. The van der Waals surface area contributed by atoms with E-state index in [0.29, 0.717) is 6.04 Å². The van der Waals surface area contributed by atoms with E-state index < -0.39 is 0 Å². The van der Waals surface area contributed by atoms with Gasteiger partial charge in [-0.25, -0.2) is 4.98 Å². The van der Waals surface area contributed by atoms with Crippen LogP contribution >= 0.6 is 11.6 Å². The van der Waals surface area contributed by atoms with Gasteiger partial charge >= 0.3 is 0 Å². The molecule has 1 N–H and O–H groups in total. The summed E-state index contributed by atoms with van der Waals surface area (Å²) in [6.45, 7) is 4.17. The van der Waals surface area contributed by atoms with Gasteiger partial charge in [0.2, 0.25) is 0 Å². The molecule has 1 saturated heterocycles. The molecule has 1 atom stereocenters. The van der Waals surface area contributed by atoms with E-state index in [1.807, 2.05) is 25.5 Å². The molecule has 2 aromatic rings. The normalized spacial score (nSPS) is 19.8. The van der Waals surface area contributed by atoms with E-state index in [1.165, 1.54) is 19.3 Å². The van der Waals surface area contributed by atoms with Crippen LogP contribution in [0.3, 0.4) is 0 Å². The molecule has 1 aromatic heterocycles. The zero-order chi connectivity index (χ0) is 13.9. The Bertz CT molecular complexity index is 583. The molecule has 2 heterocycles. The summed E-state index contributed by atoms with van der Waals surface area (Å²) in [6.07, 6.45) is 7.61. The van der Waals surface area contributed by atoms with Crippen LogP contribution in [0.5, 0.6) is 0 Å². The Balaban J connectivity index is 1.94. The molecule has 0 saturated carbocycles. The number of aryl methyl sites for hydroxylation is 1. The molecule has 3 rings (SSSR count). The number of benzene rings is 1. The number of imidazole rings is 1. The van der Waals surface area contributed by atoms with Crippen LogP contribution in [0.4, 0.5) is 0 Å². The minimum Gasteiger partial charge on any atom is -0.326 e. The second-order valence-electron chi connectivity index (χ2n) is 5.50. The lowest BCUT2D eigenvalue weighted by Gasteiger charge is -2.19. The third kappa shape index (κ3) is 2.74. The highest BCUT2D eigenvalue weighted by atomic mass is 35.5. The van der Waals surface area contributed by atoms with E-state index in [1.54, 1.807) is 0 Å². The van der Waals surface area contributed by atoms with Crippen LogP contribution in [0.1, 0.15) is 30.9 Å². The van der Waals surface area contributed by atoms with Crippen molar-refractivity contribution in [3.8, 4) is 11.3 Å². The van der Waals surface area contributed by atoms with E-state index in [0.717, 1.165) is 34.9 Å². The average Bonchev–Trinajstić information content (AvgIpc) is 2.77. The highest BCUT2D eigenvalue weighted by molar-refractivity contribution is 6.31. The summed E-state index contributed by atoms with van der Waals surface area (Å²) < 4.78 is 2.29. The van der Waals surface area contributed by atoms with Crippen LogP contribution in [-0.2, 0) is 0 Å². The first-order chi connectivity index (χ1) is 9.75. The Morgan fingerprint density at radius 2 is 2.25 bits per heavy atom. The van der Waals surface area contributed by atoms with Gasteiger partial charge in [0.15, 0.2) is 0 Å². The topological polar surface area (TPSA) is 29.9 Å². The largest absolute Gasteiger partial charge is 0.326 e. The van der Waals surface area contributed by atoms with Gasteiger partial charge < -0.3 is 9.88 Å². The summed E-state index contributed by atoms with van der Waals surface area (Å²) in [5.74, 6) is 0. The Morgan fingerprint density at radius 1 is 1.35 bits per heavy atom. The van der Waals surface area contributed by atoms with E-state index in [-0.39, 0.29) is 0 Å². The first-order valence-corrected chi connectivity index (χ1v) is 7.62. The Morgan fingerprint density at radius 3 is 3.10 bits per heavy atom. The molecule has 3 nitrogen and oxygen atoms in total. The molecule has 0 radical (unpaired) electrons. The van der Waals surface area contributed by atoms with Crippen LogP contribution < -0.4 is 5.32 Å². The molecule has 1 fully saturated rings. The van der Waals surface area contributed by atoms with Gasteiger partial charge in [-0.15, -0.1) is 0 Å². The number of halogens is 1. The van der Waals surface area contributed by atoms with Crippen molar-refractivity contribution < 1.29 is 0 Å². The van der Waals surface area contributed by atoms with Crippen molar-refractivity contribution in [1.29, 1.82) is 0 Å². The third-order valence-electron chi connectivity index (χ3n) is 4.05. The number of nitrogens with one attached hydrogen (secondary N) is 1. The van der Waals surface area contributed by atoms with Gasteiger partial charge in [-0.2, -0.15) is 0 Å². The lowest BCUT2D eigenvalue weighted by molar-refractivity contribution is 0.464. The Kier molecular flexibility index (Phi) is 4.08. The SMILES string of the molecule is Cc1ccc(-c2cncn2C2CCCCNC2)cc1Cl. The summed E-state index contributed by atoms with van der Waals surface area (Å²) in [4.78, 5) is 4.35. The summed E-state index contributed by atoms with van der Waals surface area (Å²) in [5, 5.41) is 4.32. The van der Waals surface area contributed by atoms with Crippen molar-refractivity contribution >= 4 is 11.6 Å². The number of hydrogen-bond donors (Lipinski definition) is 1. The summed E-state index contributed by atoms with van der Waals surface area (Å²) >= 11 is 6.25. The average molecular weight is 290 g/mol. The highest BCUT2D eigenvalue weighted by Gasteiger charge is 2.17. The van der Waals surface area contributed by atoms with E-state index in [4.69, 9.17) is 11.6 Å². The number of hydrogen-bond acceptors (Lipinski definition) is 2. The third-order valence-corrected chi connectivity index (χ3v) is 4.46.